The van der Waals surface area contributed by atoms with Crippen molar-refractivity contribution in [3.8, 4) is 0 Å². The zero-order valence-corrected chi connectivity index (χ0v) is 19.0. The Morgan fingerprint density at radius 1 is 0.943 bits per heavy atom. The second-order valence-electron chi connectivity index (χ2n) is 9.39. The van der Waals surface area contributed by atoms with Gasteiger partial charge in [0.2, 0.25) is 5.91 Å². The molecule has 7 rings (SSSR count). The highest BCUT2D eigenvalue weighted by atomic mass is 16.2. The van der Waals surface area contributed by atoms with Crippen molar-refractivity contribution in [2.45, 2.75) is 24.9 Å². The molecule has 4 heterocycles. The lowest BCUT2D eigenvalue weighted by molar-refractivity contribution is -0.126. The molecule has 2 amide bonds. The Bertz CT molecular complexity index is 1630. The van der Waals surface area contributed by atoms with E-state index in [0.717, 1.165) is 39.7 Å². The molecular formula is C29H24N4O2. The topological polar surface area (TPSA) is 81.0 Å². The number of fused-ring (bicyclic) bond motifs is 8. The number of benzene rings is 3. The lowest BCUT2D eigenvalue weighted by atomic mass is 9.90. The Morgan fingerprint density at radius 3 is 2.57 bits per heavy atom. The maximum atomic E-state index is 13.6. The van der Waals surface area contributed by atoms with Crippen molar-refractivity contribution in [3.63, 3.8) is 0 Å². The summed E-state index contributed by atoms with van der Waals surface area (Å²) < 4.78 is 0. The van der Waals surface area contributed by atoms with Crippen LogP contribution in [-0.2, 0) is 17.6 Å². The lowest BCUT2D eigenvalue weighted by Crippen LogP contribution is -2.52. The normalized spacial score (nSPS) is 18.5. The van der Waals surface area contributed by atoms with Crippen LogP contribution in [0.4, 0.5) is 0 Å². The van der Waals surface area contributed by atoms with Gasteiger partial charge in [0.1, 0.15) is 6.04 Å². The van der Waals surface area contributed by atoms with Crippen molar-refractivity contribution < 1.29 is 9.59 Å². The van der Waals surface area contributed by atoms with Crippen molar-refractivity contribution >= 4 is 33.6 Å². The molecule has 0 unspecified atom stereocenters. The Labute approximate surface area is 202 Å². The molecule has 0 radical (unpaired) electrons. The molecule has 2 aliphatic rings. The summed E-state index contributed by atoms with van der Waals surface area (Å²) in [7, 11) is 0. The third-order valence-electron chi connectivity index (χ3n) is 7.52. The molecule has 0 aliphatic carbocycles. The van der Waals surface area contributed by atoms with E-state index in [1.165, 1.54) is 10.9 Å². The van der Waals surface area contributed by atoms with Gasteiger partial charge in [-0.1, -0.05) is 54.6 Å². The molecule has 3 N–H and O–H groups in total. The van der Waals surface area contributed by atoms with Crippen molar-refractivity contribution in [2.24, 2.45) is 0 Å². The highest BCUT2D eigenvalue weighted by molar-refractivity contribution is 6.03. The van der Waals surface area contributed by atoms with Gasteiger partial charge in [-0.3, -0.25) is 9.59 Å². The van der Waals surface area contributed by atoms with Crippen LogP contribution in [0.3, 0.4) is 0 Å². The van der Waals surface area contributed by atoms with Gasteiger partial charge in [-0.15, -0.1) is 0 Å². The third-order valence-corrected chi connectivity index (χ3v) is 7.52. The van der Waals surface area contributed by atoms with Crippen LogP contribution in [0, 0.1) is 0 Å². The summed E-state index contributed by atoms with van der Waals surface area (Å²) in [4.78, 5) is 35.7. The van der Waals surface area contributed by atoms with Gasteiger partial charge in [0, 0.05) is 52.2 Å². The number of nitrogens with zero attached hydrogens (tertiary/aromatic N) is 1. The second kappa shape index (κ2) is 7.60. The van der Waals surface area contributed by atoms with Gasteiger partial charge >= 0.3 is 0 Å². The standard InChI is InChI=1S/C29H24N4O2/c34-28(30-14-13-17-16-31-23-11-5-3-7-18(17)23)25-15-22-19-8-4-6-12-24(19)32-26(22)27-20-9-1-2-10-21(20)29(35)33(25)27/h1-12,16,25,27,31-32H,13-15H2,(H,30,34)/t25-,27+/m0/s1. The highest BCUT2D eigenvalue weighted by Crippen LogP contribution is 2.46. The summed E-state index contributed by atoms with van der Waals surface area (Å²) in [5, 5.41) is 5.42. The smallest absolute Gasteiger partial charge is 0.255 e. The number of H-pyrrole nitrogens is 2. The predicted molar refractivity (Wildman–Crippen MR) is 135 cm³/mol. The van der Waals surface area contributed by atoms with E-state index in [1.54, 1.807) is 4.90 Å². The summed E-state index contributed by atoms with van der Waals surface area (Å²) in [5.74, 6) is -0.182. The Morgan fingerprint density at radius 2 is 1.69 bits per heavy atom. The fourth-order valence-corrected chi connectivity index (χ4v) is 5.91. The number of carbonyl (C=O) groups is 2. The van der Waals surface area contributed by atoms with Crippen LogP contribution < -0.4 is 5.32 Å². The average molecular weight is 461 g/mol. The van der Waals surface area contributed by atoms with Gasteiger partial charge in [0.15, 0.2) is 0 Å². The lowest BCUT2D eigenvalue weighted by Gasteiger charge is -2.37. The van der Waals surface area contributed by atoms with E-state index < -0.39 is 6.04 Å². The Kier molecular flexibility index (Phi) is 4.36. The number of para-hydroxylation sites is 2. The van der Waals surface area contributed by atoms with E-state index in [9.17, 15) is 9.59 Å². The third kappa shape index (κ3) is 2.96. The number of amides is 2. The van der Waals surface area contributed by atoms with Crippen molar-refractivity contribution in [2.75, 3.05) is 6.54 Å². The summed E-state index contributed by atoms with van der Waals surface area (Å²) in [6, 6.07) is 23.2. The average Bonchev–Trinajstić information content (AvgIpc) is 3.56. The van der Waals surface area contributed by atoms with Gasteiger partial charge in [-0.25, -0.2) is 0 Å². The van der Waals surface area contributed by atoms with E-state index in [0.29, 0.717) is 18.5 Å². The minimum atomic E-state index is -0.561. The monoisotopic (exact) mass is 460 g/mol. The number of aromatic nitrogens is 2. The predicted octanol–water partition coefficient (Wildman–Crippen LogP) is 4.48. The number of hydrogen-bond acceptors (Lipinski definition) is 2. The number of carbonyl (C=O) groups excluding carboxylic acids is 2. The summed E-state index contributed by atoms with van der Waals surface area (Å²) in [6.45, 7) is 0.511. The van der Waals surface area contributed by atoms with E-state index in [-0.39, 0.29) is 17.9 Å². The molecule has 0 saturated heterocycles. The zero-order chi connectivity index (χ0) is 23.5. The van der Waals surface area contributed by atoms with E-state index in [4.69, 9.17) is 0 Å². The first-order valence-electron chi connectivity index (χ1n) is 12.0. The minimum Gasteiger partial charge on any atom is -0.361 e. The minimum absolute atomic E-state index is 0.0771. The molecule has 3 aromatic carbocycles. The largest absolute Gasteiger partial charge is 0.361 e. The summed E-state index contributed by atoms with van der Waals surface area (Å²) in [5.41, 5.74) is 7.09. The quantitative estimate of drug-likeness (QED) is 0.370. The first kappa shape index (κ1) is 20.1. The molecule has 6 heteroatoms. The number of rotatable bonds is 4. The molecule has 0 spiro atoms. The van der Waals surface area contributed by atoms with Crippen LogP contribution in [0.5, 0.6) is 0 Å². The Hall–Kier alpha value is -4.32. The zero-order valence-electron chi connectivity index (χ0n) is 19.0. The van der Waals surface area contributed by atoms with Crippen LogP contribution in [0.15, 0.2) is 79.0 Å². The SMILES string of the molecule is O=C(NCCc1c[nH]c2ccccc12)[C@@H]1Cc2c([nH]c3ccccc23)[C@H]2c3ccccc3C(=O)N21. The molecule has 6 nitrogen and oxygen atoms in total. The molecule has 2 aliphatic heterocycles. The molecule has 2 aromatic heterocycles. The molecule has 35 heavy (non-hydrogen) atoms. The van der Waals surface area contributed by atoms with Gasteiger partial charge < -0.3 is 20.2 Å². The maximum absolute atomic E-state index is 13.6. The van der Waals surface area contributed by atoms with E-state index >= 15 is 0 Å². The molecule has 2 atom stereocenters. The summed E-state index contributed by atoms with van der Waals surface area (Å²) >= 11 is 0. The first-order valence-corrected chi connectivity index (χ1v) is 12.0. The maximum Gasteiger partial charge on any atom is 0.255 e. The van der Waals surface area contributed by atoms with E-state index in [1.807, 2.05) is 54.7 Å². The number of hydrogen-bond donors (Lipinski definition) is 3. The number of aromatic amines is 2. The van der Waals surface area contributed by atoms with Gasteiger partial charge in [-0.05, 0) is 41.3 Å². The second-order valence-corrected chi connectivity index (χ2v) is 9.39. The van der Waals surface area contributed by atoms with Crippen LogP contribution in [0.2, 0.25) is 0 Å². The highest BCUT2D eigenvalue weighted by Gasteiger charge is 2.48. The first-order chi connectivity index (χ1) is 17.2. The fraction of sp³-hybridized carbons (Fsp3) is 0.172. The fourth-order valence-electron chi connectivity index (χ4n) is 5.91. The van der Waals surface area contributed by atoms with Crippen LogP contribution in [0.25, 0.3) is 21.8 Å². The van der Waals surface area contributed by atoms with Gasteiger partial charge in [-0.2, -0.15) is 0 Å². The number of nitrogens with one attached hydrogen (secondary N) is 3. The van der Waals surface area contributed by atoms with Gasteiger partial charge in [0.05, 0.1) is 6.04 Å². The molecule has 172 valence electrons. The van der Waals surface area contributed by atoms with Crippen LogP contribution in [-0.4, -0.2) is 39.3 Å². The van der Waals surface area contributed by atoms with Crippen molar-refractivity contribution in [1.29, 1.82) is 0 Å². The molecule has 0 fully saturated rings. The van der Waals surface area contributed by atoms with Gasteiger partial charge in [0.25, 0.3) is 5.91 Å². The molecule has 5 aromatic rings. The molecule has 0 saturated carbocycles. The molecule has 0 bridgehead atoms. The summed E-state index contributed by atoms with van der Waals surface area (Å²) in [6.07, 6.45) is 3.22. The van der Waals surface area contributed by atoms with Crippen LogP contribution >= 0.6 is 0 Å². The van der Waals surface area contributed by atoms with Crippen molar-refractivity contribution in [3.05, 3.63) is 107 Å². The molecular weight excluding hydrogens is 436 g/mol. The van der Waals surface area contributed by atoms with Crippen molar-refractivity contribution in [1.82, 2.24) is 20.2 Å². The van der Waals surface area contributed by atoms with E-state index in [2.05, 4.69) is 39.6 Å². The Balaban J connectivity index is 1.21. The van der Waals surface area contributed by atoms with Crippen LogP contribution in [0.1, 0.15) is 38.8 Å².